The van der Waals surface area contributed by atoms with Crippen molar-refractivity contribution in [2.75, 3.05) is 23.1 Å². The van der Waals surface area contributed by atoms with Gasteiger partial charge in [-0.25, -0.2) is 14.5 Å². The molecule has 1 aliphatic rings. The molecule has 10 nitrogen and oxygen atoms in total. The fourth-order valence-corrected chi connectivity index (χ4v) is 5.43. The van der Waals surface area contributed by atoms with Crippen molar-refractivity contribution in [3.05, 3.63) is 78.1 Å². The van der Waals surface area contributed by atoms with Crippen LogP contribution in [0.5, 0.6) is 11.5 Å². The number of alkyl halides is 5. The highest BCUT2D eigenvalue weighted by atomic mass is 32.2. The first-order chi connectivity index (χ1) is 22.2. The van der Waals surface area contributed by atoms with E-state index in [2.05, 4.69) is 25.1 Å². The molecule has 246 valence electrons. The van der Waals surface area contributed by atoms with Crippen molar-refractivity contribution in [1.29, 1.82) is 0 Å². The molecule has 1 N–H and O–H groups in total. The second-order valence-corrected chi connectivity index (χ2v) is 11.5. The van der Waals surface area contributed by atoms with Gasteiger partial charge >= 0.3 is 18.3 Å². The number of amidine groups is 1. The van der Waals surface area contributed by atoms with Crippen molar-refractivity contribution < 1.29 is 41.0 Å². The summed E-state index contributed by atoms with van der Waals surface area (Å²) in [6.45, 7) is 5.96. The van der Waals surface area contributed by atoms with E-state index in [9.17, 15) is 31.5 Å². The van der Waals surface area contributed by atoms with Gasteiger partial charge in [0.1, 0.15) is 17.8 Å². The molecule has 3 aromatic carbocycles. The molecule has 0 aliphatic carbocycles. The minimum absolute atomic E-state index is 0.130. The van der Waals surface area contributed by atoms with Crippen LogP contribution in [0.2, 0.25) is 0 Å². The number of thioether (sulfide) groups is 1. The Labute approximate surface area is 269 Å². The first-order valence-electron chi connectivity index (χ1n) is 14.0. The Morgan fingerprint density at radius 1 is 1.04 bits per heavy atom. The third-order valence-corrected chi connectivity index (χ3v) is 7.81. The van der Waals surface area contributed by atoms with Crippen LogP contribution in [0.3, 0.4) is 0 Å². The SMILES string of the molecule is COc1cc(-c2ncn(-c3ccc(OC(F)(F)C(F)(F)F)cc3)n2)ccc1NC(=O)/N=C1\SCC(=O)N1c1cc(C)ccc1C(C)C. The molecule has 0 radical (unpaired) electrons. The van der Waals surface area contributed by atoms with Gasteiger partial charge in [0.15, 0.2) is 11.0 Å². The van der Waals surface area contributed by atoms with E-state index < -0.39 is 24.1 Å². The van der Waals surface area contributed by atoms with Crippen LogP contribution in [-0.2, 0) is 4.79 Å². The lowest BCUT2D eigenvalue weighted by atomic mass is 9.99. The van der Waals surface area contributed by atoms with Crippen LogP contribution in [0.25, 0.3) is 17.1 Å². The third kappa shape index (κ3) is 7.21. The second kappa shape index (κ2) is 13.0. The Morgan fingerprint density at radius 2 is 1.77 bits per heavy atom. The van der Waals surface area contributed by atoms with E-state index in [0.717, 1.165) is 35.0 Å². The van der Waals surface area contributed by atoms with Gasteiger partial charge in [0.2, 0.25) is 5.91 Å². The van der Waals surface area contributed by atoms with E-state index in [1.165, 1.54) is 35.2 Å². The van der Waals surface area contributed by atoms with E-state index >= 15 is 0 Å². The molecule has 1 aliphatic heterocycles. The summed E-state index contributed by atoms with van der Waals surface area (Å²) in [5, 5.41) is 7.26. The Hall–Kier alpha value is -4.99. The normalized spacial score (nSPS) is 14.6. The lowest BCUT2D eigenvalue weighted by Gasteiger charge is -2.22. The van der Waals surface area contributed by atoms with Crippen molar-refractivity contribution in [1.82, 2.24) is 14.8 Å². The van der Waals surface area contributed by atoms with Gasteiger partial charge in [-0.15, -0.1) is 5.10 Å². The number of urea groups is 1. The van der Waals surface area contributed by atoms with E-state index in [1.54, 1.807) is 18.2 Å². The number of carbonyl (C=O) groups excluding carboxylic acids is 2. The Morgan fingerprint density at radius 3 is 2.43 bits per heavy atom. The number of anilines is 2. The Bertz CT molecular complexity index is 1840. The first kappa shape index (κ1) is 33.4. The molecule has 0 atom stereocenters. The van der Waals surface area contributed by atoms with E-state index in [-0.39, 0.29) is 40.0 Å². The molecule has 0 saturated carbocycles. The highest BCUT2D eigenvalue weighted by molar-refractivity contribution is 8.15. The number of aromatic nitrogens is 3. The number of ether oxygens (including phenoxy) is 2. The second-order valence-electron chi connectivity index (χ2n) is 10.6. The van der Waals surface area contributed by atoms with Crippen LogP contribution in [-0.4, -0.2) is 57.0 Å². The van der Waals surface area contributed by atoms with E-state index in [1.807, 2.05) is 39.0 Å². The molecule has 16 heteroatoms. The van der Waals surface area contributed by atoms with Gasteiger partial charge in [0, 0.05) is 5.56 Å². The van der Waals surface area contributed by atoms with Gasteiger partial charge in [0.25, 0.3) is 0 Å². The average molecular weight is 675 g/mol. The molecule has 1 aromatic heterocycles. The van der Waals surface area contributed by atoms with E-state index in [0.29, 0.717) is 16.9 Å². The monoisotopic (exact) mass is 674 g/mol. The molecule has 0 spiro atoms. The smallest absolute Gasteiger partial charge is 0.495 e. The minimum atomic E-state index is -5.87. The molecule has 4 aromatic rings. The maximum Gasteiger partial charge on any atom is 0.499 e. The molecule has 3 amide bonds. The summed E-state index contributed by atoms with van der Waals surface area (Å²) >= 11 is 1.16. The predicted octanol–water partition coefficient (Wildman–Crippen LogP) is 7.58. The molecular formula is C31H27F5N6O4S. The minimum Gasteiger partial charge on any atom is -0.495 e. The predicted molar refractivity (Wildman–Crippen MR) is 167 cm³/mol. The highest BCUT2D eigenvalue weighted by Crippen LogP contribution is 2.38. The largest absolute Gasteiger partial charge is 0.499 e. The quantitative estimate of drug-likeness (QED) is 0.192. The fraction of sp³-hybridized carbons (Fsp3) is 0.258. The van der Waals surface area contributed by atoms with Crippen LogP contribution in [0, 0.1) is 6.92 Å². The van der Waals surface area contributed by atoms with Crippen LogP contribution in [0.15, 0.2) is 72.0 Å². The van der Waals surface area contributed by atoms with Crippen molar-refractivity contribution >= 4 is 40.2 Å². The highest BCUT2D eigenvalue weighted by Gasteiger charge is 2.61. The number of hydrogen-bond acceptors (Lipinski definition) is 7. The number of rotatable bonds is 8. The topological polar surface area (TPSA) is 111 Å². The van der Waals surface area contributed by atoms with Crippen molar-refractivity contribution in [3.8, 4) is 28.6 Å². The molecule has 1 fully saturated rings. The van der Waals surface area contributed by atoms with Crippen molar-refractivity contribution in [2.45, 2.75) is 39.0 Å². The third-order valence-electron chi connectivity index (χ3n) is 6.88. The number of aliphatic imine (C=N–C) groups is 1. The summed E-state index contributed by atoms with van der Waals surface area (Å²) in [5.41, 5.74) is 3.67. The number of nitrogens with zero attached hydrogens (tertiary/aromatic N) is 5. The summed E-state index contributed by atoms with van der Waals surface area (Å²) in [6.07, 6.45) is -9.89. The Kier molecular flexibility index (Phi) is 9.25. The lowest BCUT2D eigenvalue weighted by molar-refractivity contribution is -0.360. The zero-order valence-corrected chi connectivity index (χ0v) is 26.1. The van der Waals surface area contributed by atoms with Crippen LogP contribution in [0.1, 0.15) is 30.9 Å². The number of hydrogen-bond donors (Lipinski definition) is 1. The Balaban J connectivity index is 1.32. The van der Waals surface area contributed by atoms with Gasteiger partial charge in [-0.2, -0.15) is 26.9 Å². The van der Waals surface area contributed by atoms with E-state index in [4.69, 9.17) is 4.74 Å². The zero-order chi connectivity index (χ0) is 34.1. The van der Waals surface area contributed by atoms with Crippen LogP contribution < -0.4 is 19.7 Å². The van der Waals surface area contributed by atoms with Gasteiger partial charge in [0.05, 0.1) is 29.9 Å². The fourth-order valence-electron chi connectivity index (χ4n) is 4.57. The molecule has 2 heterocycles. The molecule has 47 heavy (non-hydrogen) atoms. The number of benzene rings is 3. The summed E-state index contributed by atoms with van der Waals surface area (Å²) in [5.74, 6) is -0.125. The zero-order valence-electron chi connectivity index (χ0n) is 25.3. The molecule has 0 unspecified atom stereocenters. The van der Waals surface area contributed by atoms with Crippen molar-refractivity contribution in [2.24, 2.45) is 4.99 Å². The summed E-state index contributed by atoms with van der Waals surface area (Å²) in [4.78, 5) is 35.8. The summed E-state index contributed by atoms with van der Waals surface area (Å²) in [7, 11) is 1.40. The molecule has 0 bridgehead atoms. The number of amides is 3. The molecule has 5 rings (SSSR count). The first-order valence-corrected chi connectivity index (χ1v) is 15.0. The van der Waals surface area contributed by atoms with Gasteiger partial charge < -0.3 is 14.8 Å². The van der Waals surface area contributed by atoms with Crippen molar-refractivity contribution in [3.63, 3.8) is 0 Å². The lowest BCUT2D eigenvalue weighted by Crippen LogP contribution is -2.41. The number of halogens is 5. The number of methoxy groups -OCH3 is 1. The van der Waals surface area contributed by atoms with Gasteiger partial charge in [-0.05, 0) is 72.5 Å². The number of nitrogens with one attached hydrogen (secondary N) is 1. The maximum absolute atomic E-state index is 13.2. The maximum atomic E-state index is 13.2. The van der Waals surface area contributed by atoms with Gasteiger partial charge in [-0.3, -0.25) is 9.69 Å². The number of carbonyl (C=O) groups is 2. The van der Waals surface area contributed by atoms with Crippen LogP contribution >= 0.6 is 11.8 Å². The number of aryl methyl sites for hydroxylation is 1. The average Bonchev–Trinajstić information content (AvgIpc) is 3.64. The molecule has 1 saturated heterocycles. The molecular weight excluding hydrogens is 647 g/mol. The summed E-state index contributed by atoms with van der Waals surface area (Å²) < 4.78 is 74.2. The standard InChI is InChI=1S/C31H27F5N6O4S/c1-17(2)22-11-5-18(3)13-24(22)42-26(43)15-47-29(42)39-28(44)38-23-12-6-19(14-25(23)45-4)27-37-16-41(40-27)20-7-9-21(10-8-20)46-31(35,36)30(32,33)34/h5-14,16-17H,15H2,1-4H3,(H,38,44)/b39-29-. The van der Waals surface area contributed by atoms with Gasteiger partial charge in [-0.1, -0.05) is 37.7 Å². The van der Waals surface area contributed by atoms with Crippen LogP contribution in [0.4, 0.5) is 38.1 Å². The summed E-state index contributed by atoms with van der Waals surface area (Å²) in [6, 6.07) is 14.2.